The molecule has 3 rings (SSSR count). The van der Waals surface area contributed by atoms with Crippen molar-refractivity contribution in [3.05, 3.63) is 57.8 Å². The highest BCUT2D eigenvalue weighted by atomic mass is 35.5. The van der Waals surface area contributed by atoms with E-state index in [0.717, 1.165) is 45.2 Å². The van der Waals surface area contributed by atoms with Gasteiger partial charge in [0.15, 0.2) is 0 Å². The molecule has 3 aromatic rings. The van der Waals surface area contributed by atoms with Crippen LogP contribution in [0, 0.1) is 6.92 Å². The van der Waals surface area contributed by atoms with Crippen LogP contribution < -0.4 is 10.1 Å². The van der Waals surface area contributed by atoms with E-state index in [1.54, 1.807) is 24.5 Å². The minimum atomic E-state index is -0.155. The van der Waals surface area contributed by atoms with Gasteiger partial charge in [-0.1, -0.05) is 29.3 Å². The van der Waals surface area contributed by atoms with E-state index < -0.39 is 0 Å². The Kier molecular flexibility index (Phi) is 8.84. The van der Waals surface area contributed by atoms with Crippen molar-refractivity contribution < 1.29 is 18.7 Å². The van der Waals surface area contributed by atoms with E-state index in [0.29, 0.717) is 42.2 Å². The van der Waals surface area contributed by atoms with Crippen LogP contribution in [-0.2, 0) is 9.53 Å². The van der Waals surface area contributed by atoms with Crippen LogP contribution in [0.3, 0.4) is 0 Å². The summed E-state index contributed by atoms with van der Waals surface area (Å²) in [5, 5.41) is 4.90. The van der Waals surface area contributed by atoms with E-state index in [4.69, 9.17) is 37.1 Å². The third-order valence-corrected chi connectivity index (χ3v) is 5.84. The molecule has 0 saturated heterocycles. The largest absolute Gasteiger partial charge is 0.493 e. The number of nitrogens with one attached hydrogen (secondary N) is 1. The molecule has 176 valence electrons. The van der Waals surface area contributed by atoms with Gasteiger partial charge >= 0.3 is 0 Å². The minimum absolute atomic E-state index is 0.155. The number of fused-ring (bicyclic) bond motifs is 1. The number of allylic oxidation sites excluding steroid dienone is 1. The molecule has 1 aromatic heterocycles. The van der Waals surface area contributed by atoms with Crippen molar-refractivity contribution in [1.82, 2.24) is 5.32 Å². The molecular formula is C26H29Cl2NO4. The lowest BCUT2D eigenvalue weighted by Gasteiger charge is -2.15. The van der Waals surface area contributed by atoms with Gasteiger partial charge in [0.2, 0.25) is 5.91 Å². The van der Waals surface area contributed by atoms with Crippen LogP contribution in [0.4, 0.5) is 0 Å². The van der Waals surface area contributed by atoms with Gasteiger partial charge in [-0.05, 0) is 57.9 Å². The normalized spacial score (nSPS) is 11.8. The van der Waals surface area contributed by atoms with Crippen LogP contribution in [0.5, 0.6) is 5.75 Å². The molecule has 0 aliphatic carbocycles. The molecule has 0 aliphatic heterocycles. The van der Waals surface area contributed by atoms with Gasteiger partial charge in [0.05, 0.1) is 17.9 Å². The third-order valence-electron chi connectivity index (χ3n) is 5.30. The van der Waals surface area contributed by atoms with Gasteiger partial charge in [-0.2, -0.15) is 0 Å². The Morgan fingerprint density at radius 2 is 1.94 bits per heavy atom. The van der Waals surface area contributed by atoms with Crippen LogP contribution >= 0.6 is 23.2 Å². The Hall–Kier alpha value is -2.47. The first kappa shape index (κ1) is 25.2. The number of aryl methyl sites for hydroxylation is 1. The number of carbonyl (C=O) groups excluding carboxylic acids is 1. The fraction of sp³-hybridized carbons (Fsp3) is 0.346. The molecule has 0 saturated carbocycles. The molecule has 0 bridgehead atoms. The standard InChI is InChI=1S/C26H29Cl2NO4/c1-5-31-11-7-10-29-24(30)12-16(3)20-14-21-22(19-9-8-18(27)13-23(19)28)15-33-26(21)17(4)25(20)32-6-2/h8-9,12-15H,5-7,10-11H2,1-4H3,(H,29,30)/b16-12+. The predicted octanol–water partition coefficient (Wildman–Crippen LogP) is 7.06. The van der Waals surface area contributed by atoms with Gasteiger partial charge in [-0.3, -0.25) is 4.79 Å². The fourth-order valence-corrected chi connectivity index (χ4v) is 4.22. The summed E-state index contributed by atoms with van der Waals surface area (Å²) in [6.45, 7) is 10.1. The Morgan fingerprint density at radius 3 is 2.64 bits per heavy atom. The lowest BCUT2D eigenvalue weighted by Crippen LogP contribution is -2.23. The Bertz CT molecular complexity index is 1170. The third kappa shape index (κ3) is 5.91. The van der Waals surface area contributed by atoms with Crippen LogP contribution in [0.2, 0.25) is 10.0 Å². The fourth-order valence-electron chi connectivity index (χ4n) is 3.71. The van der Waals surface area contributed by atoms with E-state index in [1.807, 2.05) is 39.8 Å². The smallest absolute Gasteiger partial charge is 0.244 e. The minimum Gasteiger partial charge on any atom is -0.493 e. The van der Waals surface area contributed by atoms with Gasteiger partial charge in [0.25, 0.3) is 0 Å². The average molecular weight is 490 g/mol. The van der Waals surface area contributed by atoms with Crippen molar-refractivity contribution in [2.75, 3.05) is 26.4 Å². The highest BCUT2D eigenvalue weighted by molar-refractivity contribution is 6.36. The first-order valence-corrected chi connectivity index (χ1v) is 11.8. The van der Waals surface area contributed by atoms with Crippen molar-refractivity contribution in [2.45, 2.75) is 34.1 Å². The highest BCUT2D eigenvalue weighted by Crippen LogP contribution is 2.42. The maximum absolute atomic E-state index is 12.5. The predicted molar refractivity (Wildman–Crippen MR) is 135 cm³/mol. The molecule has 1 N–H and O–H groups in total. The van der Waals surface area contributed by atoms with Gasteiger partial charge in [-0.25, -0.2) is 0 Å². The van der Waals surface area contributed by atoms with Crippen LogP contribution in [0.15, 0.2) is 41.0 Å². The molecule has 0 radical (unpaired) electrons. The Labute approximate surface area is 204 Å². The van der Waals surface area contributed by atoms with Crippen LogP contribution in [0.1, 0.15) is 38.3 Å². The summed E-state index contributed by atoms with van der Waals surface area (Å²) in [5.41, 5.74) is 4.89. The molecule has 0 unspecified atom stereocenters. The van der Waals surface area contributed by atoms with Crippen molar-refractivity contribution in [2.24, 2.45) is 0 Å². The van der Waals surface area contributed by atoms with Crippen molar-refractivity contribution >= 4 is 45.7 Å². The Balaban J connectivity index is 2.00. The molecule has 7 heteroatoms. The molecule has 2 aromatic carbocycles. The quantitative estimate of drug-likeness (QED) is 0.244. The number of carbonyl (C=O) groups is 1. The first-order valence-electron chi connectivity index (χ1n) is 11.0. The van der Waals surface area contributed by atoms with Crippen LogP contribution in [-0.4, -0.2) is 32.3 Å². The summed E-state index contributed by atoms with van der Waals surface area (Å²) in [6, 6.07) is 7.37. The second-order valence-electron chi connectivity index (χ2n) is 7.63. The number of amides is 1. The monoisotopic (exact) mass is 489 g/mol. The summed E-state index contributed by atoms with van der Waals surface area (Å²) in [6.07, 6.45) is 4.05. The van der Waals surface area contributed by atoms with E-state index in [1.165, 1.54) is 0 Å². The number of hydrogen-bond acceptors (Lipinski definition) is 4. The topological polar surface area (TPSA) is 60.7 Å². The molecule has 5 nitrogen and oxygen atoms in total. The number of ether oxygens (including phenoxy) is 2. The Morgan fingerprint density at radius 1 is 1.15 bits per heavy atom. The molecule has 0 aliphatic rings. The summed E-state index contributed by atoms with van der Waals surface area (Å²) in [7, 11) is 0. The average Bonchev–Trinajstić information content (AvgIpc) is 3.19. The molecule has 0 spiro atoms. The zero-order valence-electron chi connectivity index (χ0n) is 19.4. The number of benzene rings is 2. The second-order valence-corrected chi connectivity index (χ2v) is 8.47. The molecule has 1 heterocycles. The molecule has 0 fully saturated rings. The van der Waals surface area contributed by atoms with E-state index >= 15 is 0 Å². The lowest BCUT2D eigenvalue weighted by molar-refractivity contribution is -0.116. The highest BCUT2D eigenvalue weighted by Gasteiger charge is 2.20. The molecule has 1 amide bonds. The van der Waals surface area contributed by atoms with Crippen LogP contribution in [0.25, 0.3) is 27.7 Å². The maximum Gasteiger partial charge on any atom is 0.244 e. The van der Waals surface area contributed by atoms with E-state index in [2.05, 4.69) is 5.32 Å². The second kappa shape index (κ2) is 11.6. The van der Waals surface area contributed by atoms with Gasteiger partial charge in [0.1, 0.15) is 11.3 Å². The zero-order chi connectivity index (χ0) is 24.0. The van der Waals surface area contributed by atoms with Crippen molar-refractivity contribution in [3.63, 3.8) is 0 Å². The van der Waals surface area contributed by atoms with Crippen molar-refractivity contribution in [3.8, 4) is 16.9 Å². The zero-order valence-corrected chi connectivity index (χ0v) is 20.9. The van der Waals surface area contributed by atoms with Crippen molar-refractivity contribution in [1.29, 1.82) is 0 Å². The van der Waals surface area contributed by atoms with Gasteiger partial charge in [0, 0.05) is 58.5 Å². The molecular weight excluding hydrogens is 461 g/mol. The summed E-state index contributed by atoms with van der Waals surface area (Å²) in [5.74, 6) is 0.545. The maximum atomic E-state index is 12.5. The van der Waals surface area contributed by atoms with E-state index in [9.17, 15) is 4.79 Å². The molecule has 0 atom stereocenters. The number of hydrogen-bond donors (Lipinski definition) is 1. The van der Waals surface area contributed by atoms with Gasteiger partial charge in [-0.15, -0.1) is 0 Å². The number of halogens is 2. The SMILES string of the molecule is CCOCCCNC(=O)/C=C(\C)c1cc2c(-c3ccc(Cl)cc3Cl)coc2c(C)c1OCC. The number of rotatable bonds is 10. The van der Waals surface area contributed by atoms with E-state index in [-0.39, 0.29) is 5.91 Å². The summed E-state index contributed by atoms with van der Waals surface area (Å²) >= 11 is 12.5. The summed E-state index contributed by atoms with van der Waals surface area (Å²) in [4.78, 5) is 12.5. The van der Waals surface area contributed by atoms with Gasteiger partial charge < -0.3 is 19.2 Å². The lowest BCUT2D eigenvalue weighted by atomic mass is 9.96. The number of furan rings is 1. The first-order chi connectivity index (χ1) is 15.9. The molecule has 33 heavy (non-hydrogen) atoms. The summed E-state index contributed by atoms with van der Waals surface area (Å²) < 4.78 is 17.2.